The van der Waals surface area contributed by atoms with E-state index in [1.54, 1.807) is 0 Å². The van der Waals surface area contributed by atoms with E-state index in [-0.39, 0.29) is 12.2 Å². The van der Waals surface area contributed by atoms with Crippen LogP contribution in [-0.2, 0) is 14.3 Å². The number of aliphatic hydroxyl groups excluding tert-OH is 1. The average Bonchev–Trinajstić information content (AvgIpc) is 2.41. The van der Waals surface area contributed by atoms with Gasteiger partial charge >= 0.3 is 11.9 Å². The molecule has 0 aromatic heterocycles. The third-order valence-electron chi connectivity index (χ3n) is 2.83. The smallest absolute Gasteiger partial charge is 0.333 e. The number of carbonyl (C=O) groups is 2. The van der Waals surface area contributed by atoms with Gasteiger partial charge in [0.05, 0.1) is 6.61 Å². The Morgan fingerprint density at radius 1 is 0.900 bits per heavy atom. The van der Waals surface area contributed by atoms with Gasteiger partial charge in [0.1, 0.15) is 0 Å². The molecule has 0 radical (unpaired) electrons. The molecule has 114 valence electrons. The Balaban J connectivity index is 3.54. The molecule has 0 aliphatic heterocycles. The van der Waals surface area contributed by atoms with Crippen molar-refractivity contribution >= 4 is 11.9 Å². The summed E-state index contributed by atoms with van der Waals surface area (Å²) in [4.78, 5) is 22.0. The van der Waals surface area contributed by atoms with E-state index < -0.39 is 11.9 Å². The zero-order valence-corrected chi connectivity index (χ0v) is 11.9. The maximum atomic E-state index is 11.5. The first-order valence-electron chi connectivity index (χ1n) is 6.86. The van der Waals surface area contributed by atoms with Gasteiger partial charge in [0.2, 0.25) is 0 Å². The minimum Gasteiger partial charge on any atom is -0.478 e. The van der Waals surface area contributed by atoms with Gasteiger partial charge in [0, 0.05) is 17.8 Å². The van der Waals surface area contributed by atoms with Gasteiger partial charge in [0.15, 0.2) is 0 Å². The van der Waals surface area contributed by atoms with Gasteiger partial charge in [-0.2, -0.15) is 0 Å². The number of carboxylic acids is 1. The first kappa shape index (κ1) is 18.4. The average molecular weight is 284 g/mol. The summed E-state index contributed by atoms with van der Waals surface area (Å²) >= 11 is 0. The van der Waals surface area contributed by atoms with E-state index in [0.29, 0.717) is 37.9 Å². The molecule has 0 unspecified atom stereocenters. The summed E-state index contributed by atoms with van der Waals surface area (Å²) in [5.41, 5.74) is 0.636. The molecule has 0 saturated heterocycles. The van der Waals surface area contributed by atoms with Crippen LogP contribution in [0.3, 0.4) is 0 Å². The summed E-state index contributed by atoms with van der Waals surface area (Å²) in [6, 6.07) is 0. The van der Waals surface area contributed by atoms with E-state index in [9.17, 15) is 9.59 Å². The second kappa shape index (κ2) is 11.2. The number of aliphatic carboxylic acids is 1. The lowest BCUT2D eigenvalue weighted by Gasteiger charge is -2.07. The molecule has 0 aliphatic carbocycles. The van der Waals surface area contributed by atoms with Crippen LogP contribution >= 0.6 is 0 Å². The van der Waals surface area contributed by atoms with Crippen molar-refractivity contribution in [2.45, 2.75) is 44.9 Å². The molecule has 0 aliphatic rings. The number of hydrogen-bond donors (Lipinski definition) is 2. The van der Waals surface area contributed by atoms with E-state index in [0.717, 1.165) is 19.3 Å². The monoisotopic (exact) mass is 284 g/mol. The van der Waals surface area contributed by atoms with Crippen LogP contribution in [0, 0.1) is 0 Å². The van der Waals surface area contributed by atoms with Gasteiger partial charge in [-0.05, 0) is 44.9 Å². The summed E-state index contributed by atoms with van der Waals surface area (Å²) in [5, 5.41) is 17.2. The molecule has 0 amide bonds. The molecular weight excluding hydrogens is 260 g/mol. The fourth-order valence-corrected chi connectivity index (χ4v) is 1.54. The van der Waals surface area contributed by atoms with E-state index in [1.165, 1.54) is 0 Å². The molecule has 5 nitrogen and oxygen atoms in total. The van der Waals surface area contributed by atoms with Crippen LogP contribution in [0.1, 0.15) is 44.9 Å². The number of aliphatic hydroxyl groups is 1. The highest BCUT2D eigenvalue weighted by Gasteiger charge is 2.08. The van der Waals surface area contributed by atoms with Gasteiger partial charge in [-0.3, -0.25) is 0 Å². The largest absolute Gasteiger partial charge is 0.478 e. The molecular formula is C15H24O5. The lowest BCUT2D eigenvalue weighted by molar-refractivity contribution is -0.139. The van der Waals surface area contributed by atoms with Crippen molar-refractivity contribution in [3.63, 3.8) is 0 Å². The van der Waals surface area contributed by atoms with Crippen molar-refractivity contribution in [3.05, 3.63) is 24.3 Å². The van der Waals surface area contributed by atoms with Crippen molar-refractivity contribution in [1.29, 1.82) is 0 Å². The number of unbranched alkanes of at least 4 members (excludes halogenated alkanes) is 3. The van der Waals surface area contributed by atoms with Crippen LogP contribution in [0.25, 0.3) is 0 Å². The third kappa shape index (κ3) is 9.33. The van der Waals surface area contributed by atoms with Crippen LogP contribution < -0.4 is 0 Å². The maximum absolute atomic E-state index is 11.5. The number of carboxylic acid groups (broad SMARTS) is 1. The Labute approximate surface area is 119 Å². The van der Waals surface area contributed by atoms with Gasteiger partial charge in [-0.25, -0.2) is 9.59 Å². The molecule has 2 N–H and O–H groups in total. The second-order valence-corrected chi connectivity index (χ2v) is 4.64. The normalized spacial score (nSPS) is 10.1. The summed E-state index contributed by atoms with van der Waals surface area (Å²) in [6.07, 6.45) is 4.58. The van der Waals surface area contributed by atoms with E-state index in [1.807, 2.05) is 0 Å². The molecule has 5 heteroatoms. The zero-order chi connectivity index (χ0) is 15.4. The Bertz CT molecular complexity index is 346. The van der Waals surface area contributed by atoms with Gasteiger partial charge in [-0.1, -0.05) is 13.2 Å². The number of ether oxygens (including phenoxy) is 1. The van der Waals surface area contributed by atoms with E-state index in [4.69, 9.17) is 14.9 Å². The minimum absolute atomic E-state index is 0.115. The van der Waals surface area contributed by atoms with Crippen LogP contribution in [0.5, 0.6) is 0 Å². The van der Waals surface area contributed by atoms with Crippen molar-refractivity contribution in [1.82, 2.24) is 0 Å². The van der Waals surface area contributed by atoms with Crippen LogP contribution in [0.2, 0.25) is 0 Å². The zero-order valence-electron chi connectivity index (χ0n) is 11.9. The standard InChI is InChI=1S/C15H24O5/c1-12(14(17)18)8-4-3-7-11-20-15(19)13(2)9-5-6-10-16/h16H,1-11H2,(H,17,18). The van der Waals surface area contributed by atoms with Gasteiger partial charge in [-0.15, -0.1) is 0 Å². The highest BCUT2D eigenvalue weighted by atomic mass is 16.5. The maximum Gasteiger partial charge on any atom is 0.333 e. The molecule has 0 saturated carbocycles. The van der Waals surface area contributed by atoms with Crippen molar-refractivity contribution in [2.24, 2.45) is 0 Å². The Hall–Kier alpha value is -1.62. The lowest BCUT2D eigenvalue weighted by atomic mass is 10.1. The van der Waals surface area contributed by atoms with Gasteiger partial charge < -0.3 is 14.9 Å². The minimum atomic E-state index is -0.962. The number of hydrogen-bond acceptors (Lipinski definition) is 4. The van der Waals surface area contributed by atoms with Crippen molar-refractivity contribution in [3.8, 4) is 0 Å². The number of esters is 1. The predicted octanol–water partition coefficient (Wildman–Crippen LogP) is 2.45. The first-order chi connectivity index (χ1) is 9.49. The summed E-state index contributed by atoms with van der Waals surface area (Å²) in [5.74, 6) is -1.35. The molecule has 0 rings (SSSR count). The van der Waals surface area contributed by atoms with Gasteiger partial charge in [0.25, 0.3) is 0 Å². The van der Waals surface area contributed by atoms with Crippen molar-refractivity contribution in [2.75, 3.05) is 13.2 Å². The summed E-state index contributed by atoms with van der Waals surface area (Å²) in [6.45, 7) is 7.53. The highest BCUT2D eigenvalue weighted by molar-refractivity contribution is 5.87. The number of rotatable bonds is 12. The number of carbonyl (C=O) groups excluding carboxylic acids is 1. The first-order valence-corrected chi connectivity index (χ1v) is 6.86. The van der Waals surface area contributed by atoms with Crippen molar-refractivity contribution < 1.29 is 24.5 Å². The fraction of sp³-hybridized carbons (Fsp3) is 0.600. The molecule has 0 heterocycles. The van der Waals surface area contributed by atoms with Crippen LogP contribution in [0.15, 0.2) is 24.3 Å². The Kier molecular flexibility index (Phi) is 10.3. The van der Waals surface area contributed by atoms with Crippen LogP contribution in [0.4, 0.5) is 0 Å². The molecule has 20 heavy (non-hydrogen) atoms. The lowest BCUT2D eigenvalue weighted by Crippen LogP contribution is -2.08. The van der Waals surface area contributed by atoms with Crippen LogP contribution in [-0.4, -0.2) is 35.4 Å². The summed E-state index contributed by atoms with van der Waals surface area (Å²) in [7, 11) is 0. The molecule has 0 aromatic rings. The van der Waals surface area contributed by atoms with E-state index in [2.05, 4.69) is 13.2 Å². The Morgan fingerprint density at radius 3 is 2.10 bits per heavy atom. The molecule has 0 fully saturated rings. The molecule has 0 aromatic carbocycles. The molecule has 0 atom stereocenters. The topological polar surface area (TPSA) is 83.8 Å². The van der Waals surface area contributed by atoms with E-state index >= 15 is 0 Å². The molecule has 0 bridgehead atoms. The summed E-state index contributed by atoms with van der Waals surface area (Å²) < 4.78 is 5.05. The SMILES string of the molecule is C=C(CCCCCOC(=O)C(=C)CCCCO)C(=O)O. The Morgan fingerprint density at radius 2 is 1.50 bits per heavy atom. The predicted molar refractivity (Wildman–Crippen MR) is 76.3 cm³/mol. The quantitative estimate of drug-likeness (QED) is 0.327. The highest BCUT2D eigenvalue weighted by Crippen LogP contribution is 2.09. The second-order valence-electron chi connectivity index (χ2n) is 4.64. The fourth-order valence-electron chi connectivity index (χ4n) is 1.54. The molecule has 0 spiro atoms. The third-order valence-corrected chi connectivity index (χ3v) is 2.83.